The summed E-state index contributed by atoms with van der Waals surface area (Å²) in [5, 5.41) is 13.5. The molecule has 3 aromatic rings. The first kappa shape index (κ1) is 28.9. The zero-order valence-electron chi connectivity index (χ0n) is 23.0. The van der Waals surface area contributed by atoms with Crippen LogP contribution in [-0.2, 0) is 17.6 Å². The number of nitrogens with zero attached hydrogens (tertiary/aromatic N) is 2. The van der Waals surface area contributed by atoms with E-state index in [-0.39, 0.29) is 24.0 Å². The predicted molar refractivity (Wildman–Crippen MR) is 161 cm³/mol. The van der Waals surface area contributed by atoms with Gasteiger partial charge >= 0.3 is 0 Å². The number of guanidine groups is 1. The van der Waals surface area contributed by atoms with Crippen molar-refractivity contribution in [3.8, 4) is 0 Å². The Kier molecular flexibility index (Phi) is 9.83. The minimum atomic E-state index is -0.653. The molecule has 0 aromatic heterocycles. The summed E-state index contributed by atoms with van der Waals surface area (Å²) >= 11 is 6.44. The second-order valence-corrected chi connectivity index (χ2v) is 11.2. The molecule has 0 saturated carbocycles. The van der Waals surface area contributed by atoms with Gasteiger partial charge in [0.05, 0.1) is 6.04 Å². The monoisotopic (exact) mass is 548 g/mol. The molecule has 1 fully saturated rings. The fraction of sp³-hybridized carbons (Fsp3) is 0.419. The second kappa shape index (κ2) is 13.3. The van der Waals surface area contributed by atoms with E-state index in [0.717, 1.165) is 43.5 Å². The van der Waals surface area contributed by atoms with Gasteiger partial charge < -0.3 is 21.7 Å². The molecular weight excluding hydrogens is 508 g/mol. The van der Waals surface area contributed by atoms with Gasteiger partial charge in [-0.15, -0.1) is 0 Å². The fourth-order valence-corrected chi connectivity index (χ4v) is 5.82. The molecule has 8 heteroatoms. The highest BCUT2D eigenvalue weighted by molar-refractivity contribution is 6.31. The summed E-state index contributed by atoms with van der Waals surface area (Å²) in [6, 6.07) is 20.6. The van der Waals surface area contributed by atoms with Crippen LogP contribution in [-0.4, -0.2) is 66.0 Å². The van der Waals surface area contributed by atoms with E-state index >= 15 is 0 Å². The summed E-state index contributed by atoms with van der Waals surface area (Å²) in [4.78, 5) is 18.1. The molecular formula is C31H41ClN6O. The van der Waals surface area contributed by atoms with Gasteiger partial charge in [-0.2, -0.15) is 0 Å². The molecule has 1 saturated heterocycles. The highest BCUT2D eigenvalue weighted by Crippen LogP contribution is 2.24. The standard InChI is InChI=1S/C31H41ClN6O/c1-21-9-11-26(28(32)16-21)18-29(33)30(39)38-19-22(2)37(20-27(38)8-5-14-36-31(34)35)15-13-23-10-12-24-6-3-4-7-25(24)17-23/h3-4,6-7,9-12,16-17,22,27,29H,5,8,13-15,18-20,33H2,1-2H3,(H4,34,35,36)/t22-,27+,29-/m1/s1. The van der Waals surface area contributed by atoms with Crippen molar-refractivity contribution in [3.63, 3.8) is 0 Å². The van der Waals surface area contributed by atoms with Crippen LogP contribution in [0.1, 0.15) is 36.5 Å². The van der Waals surface area contributed by atoms with Crippen molar-refractivity contribution in [1.82, 2.24) is 15.1 Å². The average Bonchev–Trinajstić information content (AvgIpc) is 2.91. The van der Waals surface area contributed by atoms with Crippen LogP contribution in [0.4, 0.5) is 0 Å². The zero-order chi connectivity index (χ0) is 27.9. The van der Waals surface area contributed by atoms with Crippen molar-refractivity contribution in [2.45, 2.75) is 57.7 Å². The van der Waals surface area contributed by atoms with Crippen molar-refractivity contribution in [1.29, 1.82) is 5.41 Å². The number of aryl methyl sites for hydroxylation is 1. The molecule has 39 heavy (non-hydrogen) atoms. The first-order valence-electron chi connectivity index (χ1n) is 13.8. The van der Waals surface area contributed by atoms with Crippen LogP contribution >= 0.6 is 11.6 Å². The number of amides is 1. The molecule has 6 N–H and O–H groups in total. The number of nitrogens with one attached hydrogen (secondary N) is 2. The number of carbonyl (C=O) groups is 1. The number of carbonyl (C=O) groups excluding carboxylic acids is 1. The number of piperazine rings is 1. The van der Waals surface area contributed by atoms with Crippen LogP contribution in [0.25, 0.3) is 10.8 Å². The van der Waals surface area contributed by atoms with E-state index in [0.29, 0.717) is 24.5 Å². The van der Waals surface area contributed by atoms with Crippen LogP contribution in [0, 0.1) is 12.3 Å². The highest BCUT2D eigenvalue weighted by atomic mass is 35.5. The molecule has 0 radical (unpaired) electrons. The molecule has 1 heterocycles. The van der Waals surface area contributed by atoms with Crippen LogP contribution < -0.4 is 16.8 Å². The molecule has 1 amide bonds. The van der Waals surface area contributed by atoms with E-state index in [4.69, 9.17) is 28.5 Å². The highest BCUT2D eigenvalue weighted by Gasteiger charge is 2.36. The summed E-state index contributed by atoms with van der Waals surface area (Å²) in [7, 11) is 0. The van der Waals surface area contributed by atoms with Crippen molar-refractivity contribution in [2.24, 2.45) is 11.5 Å². The largest absolute Gasteiger partial charge is 0.370 e. The lowest BCUT2D eigenvalue weighted by Crippen LogP contribution is -2.62. The second-order valence-electron chi connectivity index (χ2n) is 10.8. The number of rotatable bonds is 10. The lowest BCUT2D eigenvalue weighted by atomic mass is 9.98. The van der Waals surface area contributed by atoms with Gasteiger partial charge in [-0.05, 0) is 73.1 Å². The van der Waals surface area contributed by atoms with Crippen LogP contribution in [0.2, 0.25) is 5.02 Å². The lowest BCUT2D eigenvalue weighted by molar-refractivity contribution is -0.139. The normalized spacial score (nSPS) is 18.7. The van der Waals surface area contributed by atoms with E-state index in [1.807, 2.05) is 30.0 Å². The average molecular weight is 549 g/mol. The van der Waals surface area contributed by atoms with Gasteiger partial charge in [-0.3, -0.25) is 15.1 Å². The Morgan fingerprint density at radius 2 is 1.90 bits per heavy atom. The number of hydrogen-bond acceptors (Lipinski definition) is 4. The van der Waals surface area contributed by atoms with E-state index in [9.17, 15) is 4.79 Å². The summed E-state index contributed by atoms with van der Waals surface area (Å²) in [5.74, 6) is -0.0635. The molecule has 3 atom stereocenters. The summed E-state index contributed by atoms with van der Waals surface area (Å²) < 4.78 is 0. The lowest BCUT2D eigenvalue weighted by Gasteiger charge is -2.46. The fourth-order valence-electron chi connectivity index (χ4n) is 5.51. The minimum Gasteiger partial charge on any atom is -0.370 e. The van der Waals surface area contributed by atoms with Crippen molar-refractivity contribution < 1.29 is 4.79 Å². The van der Waals surface area contributed by atoms with E-state index < -0.39 is 6.04 Å². The number of fused-ring (bicyclic) bond motifs is 1. The van der Waals surface area contributed by atoms with E-state index in [1.54, 1.807) is 0 Å². The third-order valence-electron chi connectivity index (χ3n) is 7.75. The first-order chi connectivity index (χ1) is 18.7. The molecule has 3 aromatic carbocycles. The quantitative estimate of drug-likeness (QED) is 0.173. The number of benzene rings is 3. The maximum absolute atomic E-state index is 13.7. The van der Waals surface area contributed by atoms with E-state index in [2.05, 4.69) is 59.6 Å². The van der Waals surface area contributed by atoms with Crippen LogP contribution in [0.15, 0.2) is 60.7 Å². The topological polar surface area (TPSA) is 111 Å². The Morgan fingerprint density at radius 3 is 2.64 bits per heavy atom. The summed E-state index contributed by atoms with van der Waals surface area (Å²) in [6.07, 6.45) is 2.98. The molecule has 0 spiro atoms. The van der Waals surface area contributed by atoms with Crippen LogP contribution in [0.3, 0.4) is 0 Å². The smallest absolute Gasteiger partial charge is 0.240 e. The Bertz CT molecular complexity index is 1300. The maximum atomic E-state index is 13.7. The Balaban J connectivity index is 1.43. The predicted octanol–water partition coefficient (Wildman–Crippen LogP) is 4.08. The molecule has 1 aliphatic heterocycles. The van der Waals surface area contributed by atoms with Gasteiger partial charge in [0, 0.05) is 43.3 Å². The Hall–Kier alpha value is -3.13. The van der Waals surface area contributed by atoms with Crippen molar-refractivity contribution in [3.05, 3.63) is 82.4 Å². The minimum absolute atomic E-state index is 0.0304. The van der Waals surface area contributed by atoms with Gasteiger partial charge in [-0.1, -0.05) is 66.2 Å². The molecule has 0 unspecified atom stereocenters. The molecule has 208 valence electrons. The molecule has 0 bridgehead atoms. The third-order valence-corrected chi connectivity index (χ3v) is 8.10. The number of nitrogens with two attached hydrogens (primary N) is 2. The molecule has 4 rings (SSSR count). The molecule has 0 aliphatic carbocycles. The summed E-state index contributed by atoms with van der Waals surface area (Å²) in [6.45, 7) is 7.14. The number of hydrogen-bond donors (Lipinski definition) is 4. The first-order valence-corrected chi connectivity index (χ1v) is 14.2. The maximum Gasteiger partial charge on any atom is 0.240 e. The number of halogens is 1. The van der Waals surface area contributed by atoms with Gasteiger partial charge in [0.15, 0.2) is 5.96 Å². The van der Waals surface area contributed by atoms with Gasteiger partial charge in [0.2, 0.25) is 5.91 Å². The molecule has 7 nitrogen and oxygen atoms in total. The Morgan fingerprint density at radius 1 is 1.13 bits per heavy atom. The molecule has 1 aliphatic rings. The third kappa shape index (κ3) is 7.72. The van der Waals surface area contributed by atoms with Crippen molar-refractivity contribution >= 4 is 34.2 Å². The zero-order valence-corrected chi connectivity index (χ0v) is 23.8. The van der Waals surface area contributed by atoms with Crippen molar-refractivity contribution in [2.75, 3.05) is 26.2 Å². The summed E-state index contributed by atoms with van der Waals surface area (Å²) in [5.41, 5.74) is 15.2. The van der Waals surface area contributed by atoms with Gasteiger partial charge in [-0.25, -0.2) is 0 Å². The van der Waals surface area contributed by atoms with Gasteiger partial charge in [0.1, 0.15) is 0 Å². The van der Waals surface area contributed by atoms with Gasteiger partial charge in [0.25, 0.3) is 0 Å². The van der Waals surface area contributed by atoms with E-state index in [1.165, 1.54) is 16.3 Å². The Labute approximate surface area is 237 Å². The SMILES string of the molecule is Cc1ccc(C[C@@H](N)C(=O)N2C[C@@H](C)N(CCc3ccc4ccccc4c3)C[C@@H]2CCCNC(=N)N)c(Cl)c1. The van der Waals surface area contributed by atoms with Crippen LogP contribution in [0.5, 0.6) is 0 Å².